The van der Waals surface area contributed by atoms with E-state index in [1.165, 1.54) is 12.5 Å². The molecule has 2 heterocycles. The standard InChI is InChI=1S/C10H14N6O/c1-7(2)5-16-10(11-6-13-16)3-9(17)8-4-12-15-14-8/h4,6-7H,3,5H2,1-2H3,(H,12,14,15). The quantitative estimate of drug-likeness (QED) is 0.760. The summed E-state index contributed by atoms with van der Waals surface area (Å²) in [5.41, 5.74) is 0.323. The fraction of sp³-hybridized carbons (Fsp3) is 0.500. The second kappa shape index (κ2) is 4.86. The largest absolute Gasteiger partial charge is 0.292 e. The number of ketones is 1. The first-order chi connectivity index (χ1) is 8.16. The van der Waals surface area contributed by atoms with E-state index in [9.17, 15) is 4.79 Å². The first-order valence-corrected chi connectivity index (χ1v) is 5.42. The van der Waals surface area contributed by atoms with Crippen LogP contribution in [0.15, 0.2) is 12.5 Å². The smallest absolute Gasteiger partial charge is 0.192 e. The van der Waals surface area contributed by atoms with E-state index in [1.807, 2.05) is 0 Å². The van der Waals surface area contributed by atoms with Crippen LogP contribution in [0.2, 0.25) is 0 Å². The third-order valence-corrected chi connectivity index (χ3v) is 2.25. The maximum Gasteiger partial charge on any atom is 0.192 e. The maximum absolute atomic E-state index is 11.8. The minimum Gasteiger partial charge on any atom is -0.292 e. The number of hydrogen-bond donors (Lipinski definition) is 1. The van der Waals surface area contributed by atoms with Crippen molar-refractivity contribution >= 4 is 5.78 Å². The lowest BCUT2D eigenvalue weighted by molar-refractivity contribution is 0.0984. The summed E-state index contributed by atoms with van der Waals surface area (Å²) in [6.45, 7) is 4.93. The number of carbonyl (C=O) groups excluding carboxylic acids is 1. The summed E-state index contributed by atoms with van der Waals surface area (Å²) < 4.78 is 1.75. The molecule has 0 amide bonds. The van der Waals surface area contributed by atoms with Crippen LogP contribution in [0.3, 0.4) is 0 Å². The second-order valence-electron chi connectivity index (χ2n) is 4.21. The van der Waals surface area contributed by atoms with Crippen molar-refractivity contribution in [2.75, 3.05) is 0 Å². The van der Waals surface area contributed by atoms with Gasteiger partial charge in [0.25, 0.3) is 0 Å². The number of Topliss-reactive ketones (excluding diaryl/α,β-unsaturated/α-hetero) is 1. The van der Waals surface area contributed by atoms with Gasteiger partial charge in [0.15, 0.2) is 5.78 Å². The molecular formula is C10H14N6O. The van der Waals surface area contributed by atoms with Crippen molar-refractivity contribution in [2.45, 2.75) is 26.8 Å². The Morgan fingerprint density at radius 2 is 2.35 bits per heavy atom. The molecule has 90 valence electrons. The van der Waals surface area contributed by atoms with Gasteiger partial charge in [0.1, 0.15) is 17.8 Å². The van der Waals surface area contributed by atoms with Gasteiger partial charge in [0.05, 0.1) is 12.6 Å². The summed E-state index contributed by atoms with van der Waals surface area (Å²) in [5.74, 6) is 1.00. The predicted molar refractivity (Wildman–Crippen MR) is 59.3 cm³/mol. The number of H-pyrrole nitrogens is 1. The van der Waals surface area contributed by atoms with E-state index < -0.39 is 0 Å². The van der Waals surface area contributed by atoms with Crippen molar-refractivity contribution in [1.82, 2.24) is 30.2 Å². The molecule has 0 fully saturated rings. The summed E-state index contributed by atoms with van der Waals surface area (Å²) in [6, 6.07) is 0. The molecule has 2 aromatic rings. The normalized spacial score (nSPS) is 11.0. The van der Waals surface area contributed by atoms with E-state index in [1.54, 1.807) is 4.68 Å². The first kappa shape index (κ1) is 11.4. The Hall–Kier alpha value is -2.05. The van der Waals surface area contributed by atoms with Crippen molar-refractivity contribution in [3.05, 3.63) is 24.0 Å². The molecule has 17 heavy (non-hydrogen) atoms. The molecule has 0 saturated carbocycles. The topological polar surface area (TPSA) is 89.4 Å². The predicted octanol–water partition coefficient (Wildman–Crippen LogP) is 0.478. The van der Waals surface area contributed by atoms with E-state index in [2.05, 4.69) is 39.3 Å². The van der Waals surface area contributed by atoms with Crippen LogP contribution in [-0.2, 0) is 13.0 Å². The Labute approximate surface area is 98.3 Å². The van der Waals surface area contributed by atoms with Gasteiger partial charge in [-0.25, -0.2) is 9.67 Å². The summed E-state index contributed by atoms with van der Waals surface area (Å²) in [5, 5.41) is 13.9. The fourth-order valence-electron chi connectivity index (χ4n) is 1.49. The van der Waals surface area contributed by atoms with Crippen LogP contribution >= 0.6 is 0 Å². The lowest BCUT2D eigenvalue weighted by Crippen LogP contribution is -2.14. The van der Waals surface area contributed by atoms with Gasteiger partial charge in [-0.2, -0.15) is 20.5 Å². The molecule has 7 nitrogen and oxygen atoms in total. The van der Waals surface area contributed by atoms with Crippen LogP contribution in [0.25, 0.3) is 0 Å². The van der Waals surface area contributed by atoms with Crippen LogP contribution in [0, 0.1) is 5.92 Å². The van der Waals surface area contributed by atoms with Crippen molar-refractivity contribution < 1.29 is 4.79 Å². The van der Waals surface area contributed by atoms with Crippen molar-refractivity contribution in [2.24, 2.45) is 5.92 Å². The number of hydrogen-bond acceptors (Lipinski definition) is 5. The molecule has 0 aromatic carbocycles. The highest BCUT2D eigenvalue weighted by molar-refractivity contribution is 5.94. The molecule has 0 unspecified atom stereocenters. The number of carbonyl (C=O) groups is 1. The molecule has 2 rings (SSSR count). The molecule has 7 heteroatoms. The number of nitrogens with one attached hydrogen (secondary N) is 1. The second-order valence-corrected chi connectivity index (χ2v) is 4.21. The molecule has 0 atom stereocenters. The minimum atomic E-state index is -0.114. The Morgan fingerprint density at radius 3 is 3.00 bits per heavy atom. The van der Waals surface area contributed by atoms with Gasteiger partial charge in [0, 0.05) is 6.54 Å². The molecule has 0 aliphatic rings. The van der Waals surface area contributed by atoms with Gasteiger partial charge in [0.2, 0.25) is 0 Å². The SMILES string of the molecule is CC(C)Cn1ncnc1CC(=O)c1cn[nH]n1. The molecule has 0 saturated heterocycles. The monoisotopic (exact) mass is 234 g/mol. The summed E-state index contributed by atoms with van der Waals surface area (Å²) in [6.07, 6.45) is 3.07. The Morgan fingerprint density at radius 1 is 1.53 bits per heavy atom. The van der Waals surface area contributed by atoms with Gasteiger partial charge in [-0.15, -0.1) is 0 Å². The highest BCUT2D eigenvalue weighted by Crippen LogP contribution is 2.04. The average Bonchev–Trinajstić information content (AvgIpc) is 2.89. The summed E-state index contributed by atoms with van der Waals surface area (Å²) >= 11 is 0. The number of aromatic amines is 1. The number of aromatic nitrogens is 6. The van der Waals surface area contributed by atoms with E-state index in [4.69, 9.17) is 0 Å². The molecule has 0 aliphatic carbocycles. The summed E-state index contributed by atoms with van der Waals surface area (Å²) in [7, 11) is 0. The highest BCUT2D eigenvalue weighted by atomic mass is 16.1. The van der Waals surface area contributed by atoms with E-state index in [0.29, 0.717) is 17.4 Å². The Kier molecular flexibility index (Phi) is 3.27. The minimum absolute atomic E-state index is 0.114. The molecule has 0 spiro atoms. The zero-order valence-electron chi connectivity index (χ0n) is 9.79. The molecule has 1 N–H and O–H groups in total. The van der Waals surface area contributed by atoms with Crippen molar-refractivity contribution in [1.29, 1.82) is 0 Å². The molecule has 2 aromatic heterocycles. The Bertz CT molecular complexity index is 487. The van der Waals surface area contributed by atoms with E-state index >= 15 is 0 Å². The van der Waals surface area contributed by atoms with Gasteiger partial charge < -0.3 is 0 Å². The van der Waals surface area contributed by atoms with Crippen molar-refractivity contribution in [3.8, 4) is 0 Å². The maximum atomic E-state index is 11.8. The lowest BCUT2D eigenvalue weighted by atomic mass is 10.2. The molecule has 0 radical (unpaired) electrons. The molecular weight excluding hydrogens is 220 g/mol. The average molecular weight is 234 g/mol. The van der Waals surface area contributed by atoms with Gasteiger partial charge in [-0.3, -0.25) is 4.79 Å². The lowest BCUT2D eigenvalue weighted by Gasteiger charge is -2.07. The molecule has 0 aliphatic heterocycles. The van der Waals surface area contributed by atoms with Crippen LogP contribution in [0.5, 0.6) is 0 Å². The van der Waals surface area contributed by atoms with Crippen LogP contribution in [0.1, 0.15) is 30.2 Å². The zero-order valence-corrected chi connectivity index (χ0v) is 9.79. The van der Waals surface area contributed by atoms with E-state index in [-0.39, 0.29) is 12.2 Å². The third kappa shape index (κ3) is 2.74. The highest BCUT2D eigenvalue weighted by Gasteiger charge is 2.14. The van der Waals surface area contributed by atoms with Crippen LogP contribution in [-0.4, -0.2) is 36.0 Å². The Balaban J connectivity index is 2.08. The zero-order chi connectivity index (χ0) is 12.3. The van der Waals surface area contributed by atoms with Crippen molar-refractivity contribution in [3.63, 3.8) is 0 Å². The van der Waals surface area contributed by atoms with Crippen LogP contribution in [0.4, 0.5) is 0 Å². The fourth-order valence-corrected chi connectivity index (χ4v) is 1.49. The first-order valence-electron chi connectivity index (χ1n) is 5.42. The van der Waals surface area contributed by atoms with Gasteiger partial charge in [-0.05, 0) is 5.92 Å². The third-order valence-electron chi connectivity index (χ3n) is 2.25. The van der Waals surface area contributed by atoms with E-state index in [0.717, 1.165) is 6.54 Å². The number of rotatable bonds is 5. The summed E-state index contributed by atoms with van der Waals surface area (Å²) in [4.78, 5) is 15.9. The van der Waals surface area contributed by atoms with Crippen LogP contribution < -0.4 is 0 Å². The molecule has 0 bridgehead atoms. The number of nitrogens with zero attached hydrogens (tertiary/aromatic N) is 5. The van der Waals surface area contributed by atoms with Gasteiger partial charge in [-0.1, -0.05) is 13.8 Å². The van der Waals surface area contributed by atoms with Gasteiger partial charge >= 0.3 is 0 Å².